The van der Waals surface area contributed by atoms with Gasteiger partial charge in [0.25, 0.3) is 0 Å². The molecular formula is C10H16ClN3OS. The lowest BCUT2D eigenvalue weighted by Gasteiger charge is -2.20. The summed E-state index contributed by atoms with van der Waals surface area (Å²) < 4.78 is 5.36. The van der Waals surface area contributed by atoms with E-state index in [1.807, 2.05) is 18.7 Å². The van der Waals surface area contributed by atoms with Crippen LogP contribution in [0, 0.1) is 0 Å². The molecule has 4 nitrogen and oxygen atoms in total. The fourth-order valence-corrected chi connectivity index (χ4v) is 2.96. The highest BCUT2D eigenvalue weighted by molar-refractivity contribution is 7.99. The van der Waals surface area contributed by atoms with E-state index in [0.717, 1.165) is 6.54 Å². The molecule has 0 aromatic carbocycles. The number of halogens is 1. The third kappa shape index (κ3) is 3.28. The van der Waals surface area contributed by atoms with Gasteiger partial charge in [-0.25, -0.2) is 0 Å². The average Bonchev–Trinajstić information content (AvgIpc) is 2.76. The van der Waals surface area contributed by atoms with Crippen LogP contribution in [-0.4, -0.2) is 27.7 Å². The predicted octanol–water partition coefficient (Wildman–Crippen LogP) is 3.07. The molecule has 16 heavy (non-hydrogen) atoms. The first-order valence-electron chi connectivity index (χ1n) is 5.58. The number of alkyl halides is 1. The lowest BCUT2D eigenvalue weighted by Crippen LogP contribution is -2.20. The van der Waals surface area contributed by atoms with E-state index < -0.39 is 0 Å². The van der Waals surface area contributed by atoms with Gasteiger partial charge in [0.1, 0.15) is 5.38 Å². The Morgan fingerprint density at radius 2 is 2.44 bits per heavy atom. The summed E-state index contributed by atoms with van der Waals surface area (Å²) in [6, 6.07) is 0.480. The van der Waals surface area contributed by atoms with Crippen molar-refractivity contribution >= 4 is 29.4 Å². The highest BCUT2D eigenvalue weighted by Crippen LogP contribution is 2.25. The van der Waals surface area contributed by atoms with Gasteiger partial charge in [0.05, 0.1) is 0 Å². The van der Waals surface area contributed by atoms with E-state index in [1.54, 1.807) is 0 Å². The normalized spacial score (nSPS) is 23.0. The van der Waals surface area contributed by atoms with E-state index in [9.17, 15) is 0 Å². The van der Waals surface area contributed by atoms with Crippen molar-refractivity contribution < 1.29 is 4.42 Å². The summed E-state index contributed by atoms with van der Waals surface area (Å²) in [4.78, 5) is 0. The van der Waals surface area contributed by atoms with Crippen molar-refractivity contribution in [3.05, 3.63) is 5.89 Å². The Balaban J connectivity index is 1.79. The van der Waals surface area contributed by atoms with E-state index >= 15 is 0 Å². The molecule has 90 valence electrons. The Morgan fingerprint density at radius 1 is 1.56 bits per heavy atom. The van der Waals surface area contributed by atoms with Crippen molar-refractivity contribution in [2.75, 3.05) is 17.6 Å². The maximum absolute atomic E-state index is 5.84. The average molecular weight is 262 g/mol. The monoisotopic (exact) mass is 261 g/mol. The minimum atomic E-state index is -0.230. The standard InChI is InChI=1S/C10H16ClN3OS/c1-7(11)9-13-14-10(15-9)12-6-8-4-2-3-5-16-8/h7-8H,2-6H2,1H3,(H,12,14). The van der Waals surface area contributed by atoms with Crippen LogP contribution in [-0.2, 0) is 0 Å². The summed E-state index contributed by atoms with van der Waals surface area (Å²) >= 11 is 7.85. The summed E-state index contributed by atoms with van der Waals surface area (Å²) in [5, 5.41) is 11.4. The van der Waals surface area contributed by atoms with Crippen molar-refractivity contribution in [1.82, 2.24) is 10.2 Å². The van der Waals surface area contributed by atoms with Crippen LogP contribution in [0.15, 0.2) is 4.42 Å². The number of nitrogens with one attached hydrogen (secondary N) is 1. The zero-order valence-electron chi connectivity index (χ0n) is 9.28. The Morgan fingerprint density at radius 3 is 3.06 bits per heavy atom. The van der Waals surface area contributed by atoms with Crippen molar-refractivity contribution in [3.63, 3.8) is 0 Å². The molecule has 2 rings (SSSR count). The molecule has 0 bridgehead atoms. The maximum Gasteiger partial charge on any atom is 0.315 e. The number of hydrogen-bond acceptors (Lipinski definition) is 5. The predicted molar refractivity (Wildman–Crippen MR) is 67.2 cm³/mol. The Kier molecular flexibility index (Phi) is 4.35. The molecule has 1 N–H and O–H groups in total. The first-order chi connectivity index (χ1) is 7.75. The number of anilines is 1. The zero-order valence-corrected chi connectivity index (χ0v) is 10.9. The summed E-state index contributed by atoms with van der Waals surface area (Å²) in [7, 11) is 0. The summed E-state index contributed by atoms with van der Waals surface area (Å²) in [5.74, 6) is 1.74. The number of nitrogens with zero attached hydrogens (tertiary/aromatic N) is 2. The SMILES string of the molecule is CC(Cl)c1nnc(NCC2CCCCS2)o1. The first-order valence-corrected chi connectivity index (χ1v) is 7.07. The molecule has 0 spiro atoms. The molecule has 1 aromatic rings. The molecular weight excluding hydrogens is 246 g/mol. The third-order valence-corrected chi connectivity index (χ3v) is 4.12. The van der Waals surface area contributed by atoms with Gasteiger partial charge >= 0.3 is 6.01 Å². The summed E-state index contributed by atoms with van der Waals surface area (Å²) in [6.45, 7) is 2.71. The summed E-state index contributed by atoms with van der Waals surface area (Å²) in [5.41, 5.74) is 0. The number of thioether (sulfide) groups is 1. The number of rotatable bonds is 4. The van der Waals surface area contributed by atoms with Crippen LogP contribution in [0.4, 0.5) is 6.01 Å². The Hall–Kier alpha value is -0.420. The van der Waals surface area contributed by atoms with E-state index in [2.05, 4.69) is 15.5 Å². The van der Waals surface area contributed by atoms with Crippen molar-refractivity contribution in [3.8, 4) is 0 Å². The van der Waals surface area contributed by atoms with Crippen LogP contribution in [0.25, 0.3) is 0 Å². The van der Waals surface area contributed by atoms with Crippen LogP contribution >= 0.6 is 23.4 Å². The van der Waals surface area contributed by atoms with Crippen LogP contribution in [0.3, 0.4) is 0 Å². The molecule has 1 saturated heterocycles. The van der Waals surface area contributed by atoms with Crippen LogP contribution in [0.2, 0.25) is 0 Å². The van der Waals surface area contributed by atoms with E-state index in [-0.39, 0.29) is 5.38 Å². The molecule has 1 fully saturated rings. The lowest BCUT2D eigenvalue weighted by molar-refractivity contribution is 0.504. The second-order valence-electron chi connectivity index (χ2n) is 3.93. The van der Waals surface area contributed by atoms with Gasteiger partial charge in [0, 0.05) is 11.8 Å². The molecule has 1 aliphatic rings. The maximum atomic E-state index is 5.84. The number of hydrogen-bond donors (Lipinski definition) is 1. The lowest BCUT2D eigenvalue weighted by atomic mass is 10.2. The molecule has 0 aliphatic carbocycles. The van der Waals surface area contributed by atoms with Crippen LogP contribution in [0.1, 0.15) is 37.5 Å². The van der Waals surface area contributed by atoms with E-state index in [0.29, 0.717) is 17.2 Å². The first kappa shape index (κ1) is 12.0. The molecule has 0 radical (unpaired) electrons. The fraction of sp³-hybridized carbons (Fsp3) is 0.800. The smallest absolute Gasteiger partial charge is 0.315 e. The van der Waals surface area contributed by atoms with Crippen molar-refractivity contribution in [1.29, 1.82) is 0 Å². The molecule has 2 unspecified atom stereocenters. The van der Waals surface area contributed by atoms with Crippen LogP contribution in [0.5, 0.6) is 0 Å². The molecule has 0 saturated carbocycles. The summed E-state index contributed by atoms with van der Waals surface area (Å²) in [6.07, 6.45) is 3.94. The topological polar surface area (TPSA) is 51.0 Å². The number of aromatic nitrogens is 2. The van der Waals surface area contributed by atoms with Gasteiger partial charge in [-0.2, -0.15) is 11.8 Å². The molecule has 1 aliphatic heterocycles. The van der Waals surface area contributed by atoms with Crippen molar-refractivity contribution in [2.24, 2.45) is 0 Å². The highest BCUT2D eigenvalue weighted by Gasteiger charge is 2.15. The van der Waals surface area contributed by atoms with E-state index in [4.69, 9.17) is 16.0 Å². The highest BCUT2D eigenvalue weighted by atomic mass is 35.5. The van der Waals surface area contributed by atoms with Gasteiger partial charge in [-0.1, -0.05) is 11.5 Å². The fourth-order valence-electron chi connectivity index (χ4n) is 1.64. The zero-order chi connectivity index (χ0) is 11.4. The molecule has 2 atom stereocenters. The minimum Gasteiger partial charge on any atom is -0.407 e. The Bertz CT molecular complexity index is 326. The minimum absolute atomic E-state index is 0.230. The Labute approximate surface area is 105 Å². The molecule has 6 heteroatoms. The van der Waals surface area contributed by atoms with Gasteiger partial charge in [0.2, 0.25) is 5.89 Å². The van der Waals surface area contributed by atoms with Crippen LogP contribution < -0.4 is 5.32 Å². The van der Waals surface area contributed by atoms with Gasteiger partial charge in [-0.05, 0) is 25.5 Å². The van der Waals surface area contributed by atoms with E-state index in [1.165, 1.54) is 25.0 Å². The third-order valence-electron chi connectivity index (χ3n) is 2.54. The van der Waals surface area contributed by atoms with Gasteiger partial charge in [-0.15, -0.1) is 16.7 Å². The van der Waals surface area contributed by atoms with Gasteiger partial charge in [-0.3, -0.25) is 0 Å². The van der Waals surface area contributed by atoms with Gasteiger partial charge in [0.15, 0.2) is 0 Å². The van der Waals surface area contributed by atoms with Crippen molar-refractivity contribution in [2.45, 2.75) is 36.8 Å². The molecule has 0 amide bonds. The van der Waals surface area contributed by atoms with Gasteiger partial charge < -0.3 is 9.73 Å². The largest absolute Gasteiger partial charge is 0.407 e. The second-order valence-corrected chi connectivity index (χ2v) is 5.99. The quantitative estimate of drug-likeness (QED) is 0.845. The second kappa shape index (κ2) is 5.77. The molecule has 2 heterocycles. The molecule has 1 aromatic heterocycles.